The van der Waals surface area contributed by atoms with Gasteiger partial charge in [0.25, 0.3) is 0 Å². The van der Waals surface area contributed by atoms with Gasteiger partial charge in [0.15, 0.2) is 0 Å². The number of rotatable bonds is 4. The minimum Gasteiger partial charge on any atom is -0.465 e. The molecule has 2 aromatic carbocycles. The van der Waals surface area contributed by atoms with E-state index in [-0.39, 0.29) is 11.8 Å². The van der Waals surface area contributed by atoms with E-state index in [1.165, 1.54) is 13.2 Å². The van der Waals surface area contributed by atoms with Gasteiger partial charge in [0.05, 0.1) is 12.7 Å². The second kappa shape index (κ2) is 6.39. The molecule has 1 N–H and O–H groups in total. The predicted molar refractivity (Wildman–Crippen MR) is 81.0 cm³/mol. The highest BCUT2D eigenvalue weighted by molar-refractivity contribution is 5.90. The zero-order valence-corrected chi connectivity index (χ0v) is 12.4. The minimum atomic E-state index is -0.366. The van der Waals surface area contributed by atoms with Gasteiger partial charge in [-0.2, -0.15) is 0 Å². The first kappa shape index (κ1) is 15.0. The molecule has 3 nitrogen and oxygen atoms in total. The number of halogens is 1. The first-order valence-electron chi connectivity index (χ1n) is 6.69. The topological polar surface area (TPSA) is 38.3 Å². The Morgan fingerprint density at radius 2 is 1.95 bits per heavy atom. The molecule has 2 aromatic rings. The molecule has 4 heteroatoms. The van der Waals surface area contributed by atoms with Crippen LogP contribution in [0.25, 0.3) is 0 Å². The summed E-state index contributed by atoms with van der Waals surface area (Å²) in [7, 11) is 1.35. The number of carbonyl (C=O) groups excluding carboxylic acids is 1. The summed E-state index contributed by atoms with van der Waals surface area (Å²) < 4.78 is 18.4. The molecule has 0 saturated heterocycles. The van der Waals surface area contributed by atoms with Crippen LogP contribution >= 0.6 is 0 Å². The zero-order chi connectivity index (χ0) is 15.4. The minimum absolute atomic E-state index is 0.225. The van der Waals surface area contributed by atoms with E-state index in [0.29, 0.717) is 17.7 Å². The van der Waals surface area contributed by atoms with Gasteiger partial charge < -0.3 is 10.1 Å². The van der Waals surface area contributed by atoms with E-state index < -0.39 is 0 Å². The maximum Gasteiger partial charge on any atom is 0.337 e. The lowest BCUT2D eigenvalue weighted by Gasteiger charge is -2.12. The Kier molecular flexibility index (Phi) is 4.58. The summed E-state index contributed by atoms with van der Waals surface area (Å²) in [5, 5.41) is 3.19. The Morgan fingerprint density at radius 3 is 2.62 bits per heavy atom. The van der Waals surface area contributed by atoms with E-state index in [1.807, 2.05) is 19.9 Å². The number of benzene rings is 2. The van der Waals surface area contributed by atoms with Gasteiger partial charge >= 0.3 is 5.97 Å². The van der Waals surface area contributed by atoms with Crippen molar-refractivity contribution < 1.29 is 13.9 Å². The number of methoxy groups -OCH3 is 1. The van der Waals surface area contributed by atoms with E-state index >= 15 is 0 Å². The summed E-state index contributed by atoms with van der Waals surface area (Å²) in [5.74, 6) is -0.591. The van der Waals surface area contributed by atoms with E-state index in [2.05, 4.69) is 10.1 Å². The number of hydrogen-bond acceptors (Lipinski definition) is 3. The van der Waals surface area contributed by atoms with E-state index in [4.69, 9.17) is 0 Å². The number of hydrogen-bond donors (Lipinski definition) is 1. The zero-order valence-electron chi connectivity index (χ0n) is 12.4. The molecule has 2 rings (SSSR count). The molecule has 0 fully saturated rings. The van der Waals surface area contributed by atoms with Crippen molar-refractivity contribution in [3.05, 3.63) is 64.5 Å². The van der Waals surface area contributed by atoms with Crippen LogP contribution in [0.5, 0.6) is 0 Å². The highest BCUT2D eigenvalue weighted by Gasteiger charge is 2.08. The Morgan fingerprint density at radius 1 is 1.19 bits per heavy atom. The number of ether oxygens (including phenoxy) is 1. The average Bonchev–Trinajstić information content (AvgIpc) is 2.48. The number of anilines is 1. The molecule has 0 amide bonds. The van der Waals surface area contributed by atoms with Gasteiger partial charge in [-0.3, -0.25) is 0 Å². The second-order valence-electron chi connectivity index (χ2n) is 4.97. The smallest absolute Gasteiger partial charge is 0.337 e. The van der Waals surface area contributed by atoms with Crippen LogP contribution in [0.15, 0.2) is 36.4 Å². The Labute approximate surface area is 123 Å². The van der Waals surface area contributed by atoms with Crippen LogP contribution in [0, 0.1) is 19.7 Å². The summed E-state index contributed by atoms with van der Waals surface area (Å²) in [5.41, 5.74) is 3.91. The average molecular weight is 287 g/mol. The molecule has 0 atom stereocenters. The summed E-state index contributed by atoms with van der Waals surface area (Å²) in [6.07, 6.45) is 0. The Balaban J connectivity index is 2.13. The fourth-order valence-electron chi connectivity index (χ4n) is 2.14. The molecule has 0 heterocycles. The third-order valence-corrected chi connectivity index (χ3v) is 3.32. The van der Waals surface area contributed by atoms with E-state index in [1.54, 1.807) is 24.3 Å². The molecule has 0 aromatic heterocycles. The summed E-state index contributed by atoms with van der Waals surface area (Å²) in [6.45, 7) is 4.21. The lowest BCUT2D eigenvalue weighted by molar-refractivity contribution is 0.0600. The monoisotopic (exact) mass is 287 g/mol. The first-order chi connectivity index (χ1) is 10.0. The number of nitrogens with one attached hydrogen (secondary N) is 1. The molecule has 0 aliphatic heterocycles. The van der Waals surface area contributed by atoms with Crippen LogP contribution < -0.4 is 5.32 Å². The van der Waals surface area contributed by atoms with Crippen LogP contribution in [-0.4, -0.2) is 13.1 Å². The van der Waals surface area contributed by atoms with Gasteiger partial charge in [-0.1, -0.05) is 17.7 Å². The molecule has 0 saturated carbocycles. The first-order valence-corrected chi connectivity index (χ1v) is 6.69. The molecule has 0 radical (unpaired) electrons. The lowest BCUT2D eigenvalue weighted by Crippen LogP contribution is -2.06. The van der Waals surface area contributed by atoms with Gasteiger partial charge in [0.1, 0.15) is 5.82 Å². The van der Waals surface area contributed by atoms with Crippen LogP contribution in [0.3, 0.4) is 0 Å². The maximum absolute atomic E-state index is 13.7. The quantitative estimate of drug-likeness (QED) is 0.868. The Hall–Kier alpha value is -2.36. The van der Waals surface area contributed by atoms with E-state index in [0.717, 1.165) is 16.8 Å². The van der Waals surface area contributed by atoms with Crippen LogP contribution in [0.2, 0.25) is 0 Å². The highest BCUT2D eigenvalue weighted by atomic mass is 19.1. The summed E-state index contributed by atoms with van der Waals surface area (Å²) in [4.78, 5) is 11.4. The van der Waals surface area contributed by atoms with Crippen molar-refractivity contribution >= 4 is 11.7 Å². The number of carbonyl (C=O) groups is 1. The molecule has 0 aliphatic rings. The third-order valence-electron chi connectivity index (χ3n) is 3.32. The van der Waals surface area contributed by atoms with Gasteiger partial charge in [-0.15, -0.1) is 0 Å². The molecular weight excluding hydrogens is 269 g/mol. The fourth-order valence-corrected chi connectivity index (χ4v) is 2.14. The lowest BCUT2D eigenvalue weighted by atomic mass is 10.1. The SMILES string of the molecule is COC(=O)c1ccc(NCc2cc(C)ccc2F)c(C)c1. The van der Waals surface area contributed by atoms with Gasteiger partial charge in [-0.05, 0) is 43.7 Å². The molecular formula is C17H18FNO2. The molecule has 0 unspecified atom stereocenters. The van der Waals surface area contributed by atoms with Crippen molar-refractivity contribution in [3.8, 4) is 0 Å². The molecule has 0 spiro atoms. The van der Waals surface area contributed by atoms with Crippen molar-refractivity contribution in [2.75, 3.05) is 12.4 Å². The van der Waals surface area contributed by atoms with Crippen molar-refractivity contribution in [2.24, 2.45) is 0 Å². The van der Waals surface area contributed by atoms with Gasteiger partial charge in [0.2, 0.25) is 0 Å². The molecule has 0 bridgehead atoms. The van der Waals surface area contributed by atoms with Crippen LogP contribution in [-0.2, 0) is 11.3 Å². The van der Waals surface area contributed by atoms with Crippen LogP contribution in [0.1, 0.15) is 27.0 Å². The molecule has 110 valence electrons. The van der Waals surface area contributed by atoms with Crippen molar-refractivity contribution in [1.29, 1.82) is 0 Å². The van der Waals surface area contributed by atoms with Crippen LogP contribution in [0.4, 0.5) is 10.1 Å². The third kappa shape index (κ3) is 3.60. The second-order valence-corrected chi connectivity index (χ2v) is 4.97. The maximum atomic E-state index is 13.7. The fraction of sp³-hybridized carbons (Fsp3) is 0.235. The molecule has 21 heavy (non-hydrogen) atoms. The molecule has 0 aliphatic carbocycles. The van der Waals surface area contributed by atoms with Gasteiger partial charge in [0, 0.05) is 17.8 Å². The standard InChI is InChI=1S/C17H18FNO2/c1-11-4-6-15(18)14(8-11)10-19-16-7-5-13(9-12(16)2)17(20)21-3/h4-9,19H,10H2,1-3H3. The van der Waals surface area contributed by atoms with Gasteiger partial charge in [-0.25, -0.2) is 9.18 Å². The van der Waals surface area contributed by atoms with Crippen molar-refractivity contribution in [3.63, 3.8) is 0 Å². The summed E-state index contributed by atoms with van der Waals surface area (Å²) >= 11 is 0. The summed E-state index contributed by atoms with van der Waals surface area (Å²) in [6, 6.07) is 10.3. The Bertz CT molecular complexity index is 668. The number of aryl methyl sites for hydroxylation is 2. The van der Waals surface area contributed by atoms with Crippen molar-refractivity contribution in [1.82, 2.24) is 0 Å². The largest absolute Gasteiger partial charge is 0.465 e. The van der Waals surface area contributed by atoms with E-state index in [9.17, 15) is 9.18 Å². The highest BCUT2D eigenvalue weighted by Crippen LogP contribution is 2.19. The number of esters is 1. The normalized spacial score (nSPS) is 10.3. The van der Waals surface area contributed by atoms with Crippen molar-refractivity contribution in [2.45, 2.75) is 20.4 Å². The predicted octanol–water partition coefficient (Wildman–Crippen LogP) is 3.84.